The predicted molar refractivity (Wildman–Crippen MR) is 73.8 cm³/mol. The van der Waals surface area contributed by atoms with Gasteiger partial charge in [-0.05, 0) is 44.9 Å². The third-order valence-corrected chi connectivity index (χ3v) is 2.88. The summed E-state index contributed by atoms with van der Waals surface area (Å²) in [6, 6.07) is 6.35. The van der Waals surface area contributed by atoms with Crippen LogP contribution < -0.4 is 10.1 Å². The molecule has 1 unspecified atom stereocenters. The lowest BCUT2D eigenvalue weighted by atomic mass is 10.1. The molecule has 1 aromatic rings. The fraction of sp³-hybridized carbons (Fsp3) is 0.600. The Kier molecular flexibility index (Phi) is 6.06. The predicted octanol–water partition coefficient (Wildman–Crippen LogP) is 3.46. The van der Waals surface area contributed by atoms with E-state index in [1.54, 1.807) is 0 Å². The standard InChI is InChI=1S/C15H25NO/c1-5-9-16-11-14(6-2)17-15-8-7-12(3)10-13(15)4/h7-8,10,14,16H,5-6,9,11H2,1-4H3. The molecule has 0 aliphatic heterocycles. The normalized spacial score (nSPS) is 12.5. The minimum absolute atomic E-state index is 0.267. The van der Waals surface area contributed by atoms with Gasteiger partial charge in [0.15, 0.2) is 0 Å². The second kappa shape index (κ2) is 7.33. The van der Waals surface area contributed by atoms with Crippen LogP contribution in [0, 0.1) is 13.8 Å². The van der Waals surface area contributed by atoms with Gasteiger partial charge in [0.25, 0.3) is 0 Å². The molecule has 1 rings (SSSR count). The Bertz CT molecular complexity index is 336. The Morgan fingerprint density at radius 2 is 2.00 bits per heavy atom. The topological polar surface area (TPSA) is 21.3 Å². The quantitative estimate of drug-likeness (QED) is 0.731. The fourth-order valence-corrected chi connectivity index (χ4v) is 1.82. The first-order valence-corrected chi connectivity index (χ1v) is 6.62. The number of ether oxygens (including phenoxy) is 1. The third-order valence-electron chi connectivity index (χ3n) is 2.88. The molecule has 1 N–H and O–H groups in total. The van der Waals surface area contributed by atoms with Gasteiger partial charge in [0.05, 0.1) is 0 Å². The van der Waals surface area contributed by atoms with Gasteiger partial charge >= 0.3 is 0 Å². The average molecular weight is 235 g/mol. The number of rotatable bonds is 7. The highest BCUT2D eigenvalue weighted by Crippen LogP contribution is 2.20. The second-order valence-corrected chi connectivity index (χ2v) is 4.62. The summed E-state index contributed by atoms with van der Waals surface area (Å²) in [7, 11) is 0. The van der Waals surface area contributed by atoms with E-state index in [2.05, 4.69) is 51.2 Å². The number of hydrogen-bond acceptors (Lipinski definition) is 2. The van der Waals surface area contributed by atoms with Crippen LogP contribution in [-0.4, -0.2) is 19.2 Å². The molecule has 0 aliphatic rings. The van der Waals surface area contributed by atoms with Crippen molar-refractivity contribution in [1.82, 2.24) is 5.32 Å². The average Bonchev–Trinajstić information content (AvgIpc) is 2.31. The van der Waals surface area contributed by atoms with E-state index in [0.29, 0.717) is 0 Å². The Morgan fingerprint density at radius 1 is 1.24 bits per heavy atom. The Balaban J connectivity index is 2.54. The van der Waals surface area contributed by atoms with Gasteiger partial charge in [0.1, 0.15) is 11.9 Å². The van der Waals surface area contributed by atoms with E-state index in [9.17, 15) is 0 Å². The third kappa shape index (κ3) is 4.78. The molecule has 0 saturated heterocycles. The first kappa shape index (κ1) is 14.0. The van der Waals surface area contributed by atoms with E-state index in [4.69, 9.17) is 4.74 Å². The molecule has 2 heteroatoms. The summed E-state index contributed by atoms with van der Waals surface area (Å²) < 4.78 is 6.03. The molecule has 17 heavy (non-hydrogen) atoms. The smallest absolute Gasteiger partial charge is 0.122 e. The highest BCUT2D eigenvalue weighted by atomic mass is 16.5. The summed E-state index contributed by atoms with van der Waals surface area (Å²) >= 11 is 0. The maximum atomic E-state index is 6.03. The Hall–Kier alpha value is -1.02. The van der Waals surface area contributed by atoms with E-state index in [0.717, 1.165) is 25.3 Å². The molecule has 0 bridgehead atoms. The van der Waals surface area contributed by atoms with Crippen LogP contribution in [0.2, 0.25) is 0 Å². The molecule has 0 aromatic heterocycles. The summed E-state index contributed by atoms with van der Waals surface area (Å²) in [6.07, 6.45) is 2.47. The van der Waals surface area contributed by atoms with Crippen LogP contribution in [0.1, 0.15) is 37.8 Å². The monoisotopic (exact) mass is 235 g/mol. The van der Waals surface area contributed by atoms with Crippen molar-refractivity contribution in [3.63, 3.8) is 0 Å². The van der Waals surface area contributed by atoms with Crippen molar-refractivity contribution < 1.29 is 4.74 Å². The molecule has 0 heterocycles. The molecule has 0 spiro atoms. The van der Waals surface area contributed by atoms with Crippen molar-refractivity contribution in [2.75, 3.05) is 13.1 Å². The SMILES string of the molecule is CCCNCC(CC)Oc1ccc(C)cc1C. The number of nitrogens with one attached hydrogen (secondary N) is 1. The van der Waals surface area contributed by atoms with E-state index in [1.165, 1.54) is 17.5 Å². The van der Waals surface area contributed by atoms with Crippen molar-refractivity contribution in [3.05, 3.63) is 29.3 Å². The summed E-state index contributed by atoms with van der Waals surface area (Å²) in [5, 5.41) is 3.41. The molecule has 0 saturated carbocycles. The van der Waals surface area contributed by atoms with Crippen molar-refractivity contribution in [3.8, 4) is 5.75 Å². The maximum absolute atomic E-state index is 6.03. The molecule has 1 atom stereocenters. The van der Waals surface area contributed by atoms with Crippen LogP contribution in [-0.2, 0) is 0 Å². The van der Waals surface area contributed by atoms with E-state index < -0.39 is 0 Å². The largest absolute Gasteiger partial charge is 0.489 e. The summed E-state index contributed by atoms with van der Waals surface area (Å²) in [4.78, 5) is 0. The van der Waals surface area contributed by atoms with Crippen LogP contribution in [0.5, 0.6) is 5.75 Å². The van der Waals surface area contributed by atoms with Crippen LogP contribution in [0.3, 0.4) is 0 Å². The van der Waals surface area contributed by atoms with Gasteiger partial charge in [0, 0.05) is 6.54 Å². The van der Waals surface area contributed by atoms with Crippen LogP contribution in [0.25, 0.3) is 0 Å². The van der Waals surface area contributed by atoms with Gasteiger partial charge in [-0.1, -0.05) is 31.5 Å². The van der Waals surface area contributed by atoms with Gasteiger partial charge < -0.3 is 10.1 Å². The summed E-state index contributed by atoms with van der Waals surface area (Å²) in [5.41, 5.74) is 2.51. The van der Waals surface area contributed by atoms with E-state index >= 15 is 0 Å². The minimum atomic E-state index is 0.267. The lowest BCUT2D eigenvalue weighted by Gasteiger charge is -2.19. The first-order valence-electron chi connectivity index (χ1n) is 6.62. The van der Waals surface area contributed by atoms with Crippen molar-refractivity contribution >= 4 is 0 Å². The maximum Gasteiger partial charge on any atom is 0.122 e. The number of hydrogen-bond donors (Lipinski definition) is 1. The fourth-order valence-electron chi connectivity index (χ4n) is 1.82. The molecule has 0 radical (unpaired) electrons. The van der Waals surface area contributed by atoms with Gasteiger partial charge in [0.2, 0.25) is 0 Å². The van der Waals surface area contributed by atoms with Gasteiger partial charge in [-0.3, -0.25) is 0 Å². The zero-order chi connectivity index (χ0) is 12.7. The molecule has 96 valence electrons. The summed E-state index contributed by atoms with van der Waals surface area (Å²) in [5.74, 6) is 1.01. The van der Waals surface area contributed by atoms with E-state index in [-0.39, 0.29) is 6.10 Å². The molecule has 0 fully saturated rings. The highest BCUT2D eigenvalue weighted by Gasteiger charge is 2.09. The second-order valence-electron chi connectivity index (χ2n) is 4.62. The molecule has 0 amide bonds. The van der Waals surface area contributed by atoms with Gasteiger partial charge in [-0.2, -0.15) is 0 Å². The van der Waals surface area contributed by atoms with E-state index in [1.807, 2.05) is 0 Å². The molecule has 2 nitrogen and oxygen atoms in total. The van der Waals surface area contributed by atoms with Crippen LogP contribution in [0.15, 0.2) is 18.2 Å². The molecular weight excluding hydrogens is 210 g/mol. The summed E-state index contributed by atoms with van der Waals surface area (Å²) in [6.45, 7) is 10.6. The zero-order valence-corrected chi connectivity index (χ0v) is 11.5. The molecule has 0 aliphatic carbocycles. The van der Waals surface area contributed by atoms with Gasteiger partial charge in [-0.25, -0.2) is 0 Å². The lowest BCUT2D eigenvalue weighted by molar-refractivity contribution is 0.192. The number of aryl methyl sites for hydroxylation is 2. The van der Waals surface area contributed by atoms with Gasteiger partial charge in [-0.15, -0.1) is 0 Å². The molecule has 1 aromatic carbocycles. The lowest BCUT2D eigenvalue weighted by Crippen LogP contribution is -2.31. The van der Waals surface area contributed by atoms with Crippen molar-refractivity contribution in [2.45, 2.75) is 46.6 Å². The number of benzene rings is 1. The highest BCUT2D eigenvalue weighted by molar-refractivity contribution is 5.35. The minimum Gasteiger partial charge on any atom is -0.489 e. The Labute approximate surface area is 105 Å². The first-order chi connectivity index (χ1) is 8.17. The van der Waals surface area contributed by atoms with Crippen molar-refractivity contribution in [2.24, 2.45) is 0 Å². The van der Waals surface area contributed by atoms with Crippen LogP contribution in [0.4, 0.5) is 0 Å². The zero-order valence-electron chi connectivity index (χ0n) is 11.5. The van der Waals surface area contributed by atoms with Crippen LogP contribution >= 0.6 is 0 Å². The Morgan fingerprint density at radius 3 is 2.59 bits per heavy atom. The molecular formula is C15H25NO. The van der Waals surface area contributed by atoms with Crippen molar-refractivity contribution in [1.29, 1.82) is 0 Å².